The maximum absolute atomic E-state index is 11.8. The minimum Gasteiger partial charge on any atom is -0.399 e. The van der Waals surface area contributed by atoms with Crippen molar-refractivity contribution in [3.63, 3.8) is 0 Å². The van der Waals surface area contributed by atoms with Gasteiger partial charge in [0.1, 0.15) is 0 Å². The number of halogens is 1. The van der Waals surface area contributed by atoms with Crippen molar-refractivity contribution < 1.29 is 4.79 Å². The van der Waals surface area contributed by atoms with Gasteiger partial charge in [0.15, 0.2) is 0 Å². The number of nitrogen functional groups attached to an aromatic ring is 1. The second-order valence-corrected chi connectivity index (χ2v) is 7.06. The van der Waals surface area contributed by atoms with Crippen molar-refractivity contribution in [2.24, 2.45) is 0 Å². The third-order valence-electron chi connectivity index (χ3n) is 3.47. The number of amides is 1. The fourth-order valence-electron chi connectivity index (χ4n) is 2.32. The van der Waals surface area contributed by atoms with Crippen LogP contribution < -0.4 is 11.1 Å². The molecule has 1 aliphatic carbocycles. The van der Waals surface area contributed by atoms with Gasteiger partial charge in [0.2, 0.25) is 5.91 Å². The number of hydrogen-bond acceptors (Lipinski definition) is 3. The summed E-state index contributed by atoms with van der Waals surface area (Å²) in [5.74, 6) is 0.516. The zero-order valence-electron chi connectivity index (χ0n) is 12.0. The Labute approximate surface area is 138 Å². The Hall–Kier alpha value is -0.940. The quantitative estimate of drug-likeness (QED) is 0.450. The van der Waals surface area contributed by atoms with Crippen molar-refractivity contribution in [2.45, 2.75) is 37.0 Å². The number of carbonyl (C=O) groups excluding carboxylic acids is 1. The van der Waals surface area contributed by atoms with Crippen molar-refractivity contribution in [1.29, 1.82) is 0 Å². The van der Waals surface area contributed by atoms with Crippen LogP contribution in [0.5, 0.6) is 0 Å². The molecule has 0 spiro atoms. The van der Waals surface area contributed by atoms with E-state index in [2.05, 4.69) is 27.3 Å². The molecule has 0 heterocycles. The standard InChI is InChI=1S/C16H21BrN2OS/c17-14-10-13(18)6-7-15(14)21-11-16(20)19-9-8-12-4-2-1-3-5-12/h4,6-7,10H,1-3,5,8-9,11,18H2,(H,19,20). The second kappa shape index (κ2) is 8.49. The van der Waals surface area contributed by atoms with Gasteiger partial charge in [-0.15, -0.1) is 11.8 Å². The van der Waals surface area contributed by atoms with E-state index in [1.807, 2.05) is 18.2 Å². The van der Waals surface area contributed by atoms with Gasteiger partial charge in [-0.1, -0.05) is 11.6 Å². The molecule has 0 saturated carbocycles. The van der Waals surface area contributed by atoms with Crippen LogP contribution in [0, 0.1) is 0 Å². The van der Waals surface area contributed by atoms with Crippen LogP contribution in [0.1, 0.15) is 32.1 Å². The maximum Gasteiger partial charge on any atom is 0.230 e. The van der Waals surface area contributed by atoms with E-state index in [9.17, 15) is 4.79 Å². The first-order chi connectivity index (χ1) is 10.1. The molecule has 2 rings (SSSR count). The first kappa shape index (κ1) is 16.4. The largest absolute Gasteiger partial charge is 0.399 e. The number of rotatable bonds is 6. The molecule has 0 radical (unpaired) electrons. The summed E-state index contributed by atoms with van der Waals surface area (Å²) >= 11 is 4.98. The predicted octanol–water partition coefficient (Wildman–Crippen LogP) is 4.13. The van der Waals surface area contributed by atoms with Crippen LogP contribution in [0.3, 0.4) is 0 Å². The van der Waals surface area contributed by atoms with Gasteiger partial charge in [0, 0.05) is 21.6 Å². The van der Waals surface area contributed by atoms with Crippen molar-refractivity contribution in [2.75, 3.05) is 18.0 Å². The van der Waals surface area contributed by atoms with E-state index in [0.29, 0.717) is 5.75 Å². The van der Waals surface area contributed by atoms with Gasteiger partial charge in [0.25, 0.3) is 0 Å². The lowest BCUT2D eigenvalue weighted by atomic mass is 9.97. The minimum atomic E-state index is 0.0835. The van der Waals surface area contributed by atoms with Crippen LogP contribution in [0.4, 0.5) is 5.69 Å². The van der Waals surface area contributed by atoms with E-state index in [4.69, 9.17) is 5.73 Å². The average Bonchev–Trinajstić information content (AvgIpc) is 2.47. The van der Waals surface area contributed by atoms with E-state index >= 15 is 0 Å². The van der Waals surface area contributed by atoms with Gasteiger partial charge in [-0.25, -0.2) is 0 Å². The number of nitrogens with one attached hydrogen (secondary N) is 1. The van der Waals surface area contributed by atoms with E-state index in [1.165, 1.54) is 43.0 Å². The Morgan fingerprint density at radius 1 is 1.38 bits per heavy atom. The van der Waals surface area contributed by atoms with Crippen molar-refractivity contribution >= 4 is 39.3 Å². The molecule has 0 aliphatic heterocycles. The lowest BCUT2D eigenvalue weighted by Gasteiger charge is -2.13. The summed E-state index contributed by atoms with van der Waals surface area (Å²) in [4.78, 5) is 12.9. The topological polar surface area (TPSA) is 55.1 Å². The fourth-order valence-corrected chi connectivity index (χ4v) is 3.81. The Morgan fingerprint density at radius 3 is 2.95 bits per heavy atom. The van der Waals surface area contributed by atoms with Crippen LogP contribution >= 0.6 is 27.7 Å². The molecule has 5 heteroatoms. The lowest BCUT2D eigenvalue weighted by Crippen LogP contribution is -2.26. The van der Waals surface area contributed by atoms with Crippen LogP contribution in [0.25, 0.3) is 0 Å². The monoisotopic (exact) mass is 368 g/mol. The zero-order chi connectivity index (χ0) is 15.1. The number of benzene rings is 1. The van der Waals surface area contributed by atoms with Crippen LogP contribution in [0.15, 0.2) is 39.2 Å². The maximum atomic E-state index is 11.8. The Morgan fingerprint density at radius 2 is 2.24 bits per heavy atom. The number of carbonyl (C=O) groups is 1. The highest BCUT2D eigenvalue weighted by molar-refractivity contribution is 9.10. The molecule has 114 valence electrons. The summed E-state index contributed by atoms with van der Waals surface area (Å²) in [7, 11) is 0. The SMILES string of the molecule is Nc1ccc(SCC(=O)NCCC2=CCCCC2)c(Br)c1. The zero-order valence-corrected chi connectivity index (χ0v) is 14.4. The molecule has 0 saturated heterocycles. The number of nitrogens with two attached hydrogens (primary N) is 1. The molecule has 0 aromatic heterocycles. The highest BCUT2D eigenvalue weighted by atomic mass is 79.9. The molecule has 1 amide bonds. The minimum absolute atomic E-state index is 0.0835. The summed E-state index contributed by atoms with van der Waals surface area (Å²) < 4.78 is 0.938. The number of hydrogen-bond donors (Lipinski definition) is 2. The first-order valence-electron chi connectivity index (χ1n) is 7.27. The third kappa shape index (κ3) is 5.75. The highest BCUT2D eigenvalue weighted by Gasteiger charge is 2.07. The van der Waals surface area contributed by atoms with Gasteiger partial charge in [-0.05, 0) is 66.2 Å². The van der Waals surface area contributed by atoms with Gasteiger partial charge < -0.3 is 11.1 Å². The number of allylic oxidation sites excluding steroid dienone is 1. The van der Waals surface area contributed by atoms with E-state index in [0.717, 1.165) is 28.0 Å². The smallest absolute Gasteiger partial charge is 0.230 e. The summed E-state index contributed by atoms with van der Waals surface area (Å²) in [5, 5.41) is 2.99. The van der Waals surface area contributed by atoms with E-state index < -0.39 is 0 Å². The normalized spacial score (nSPS) is 14.6. The molecule has 3 N–H and O–H groups in total. The molecule has 0 bridgehead atoms. The van der Waals surface area contributed by atoms with Crippen molar-refractivity contribution in [3.05, 3.63) is 34.3 Å². The van der Waals surface area contributed by atoms with Gasteiger partial charge in [-0.2, -0.15) is 0 Å². The summed E-state index contributed by atoms with van der Waals surface area (Å²) in [5.41, 5.74) is 7.91. The van der Waals surface area contributed by atoms with Gasteiger partial charge in [-0.3, -0.25) is 4.79 Å². The van der Waals surface area contributed by atoms with Gasteiger partial charge in [0.05, 0.1) is 5.75 Å². The molecule has 21 heavy (non-hydrogen) atoms. The molecule has 1 aromatic rings. The van der Waals surface area contributed by atoms with Gasteiger partial charge >= 0.3 is 0 Å². The molecule has 0 atom stereocenters. The molecular formula is C16H21BrN2OS. The first-order valence-corrected chi connectivity index (χ1v) is 9.05. The van der Waals surface area contributed by atoms with Crippen LogP contribution in [0.2, 0.25) is 0 Å². The fraction of sp³-hybridized carbons (Fsp3) is 0.438. The summed E-state index contributed by atoms with van der Waals surface area (Å²) in [6, 6.07) is 5.64. The third-order valence-corrected chi connectivity index (χ3v) is 5.46. The molecule has 3 nitrogen and oxygen atoms in total. The summed E-state index contributed by atoms with van der Waals surface area (Å²) in [6.07, 6.45) is 8.31. The molecule has 1 aromatic carbocycles. The van der Waals surface area contributed by atoms with Crippen molar-refractivity contribution in [1.82, 2.24) is 5.32 Å². The molecular weight excluding hydrogens is 348 g/mol. The van der Waals surface area contributed by atoms with Crippen molar-refractivity contribution in [3.8, 4) is 0 Å². The Balaban J connectivity index is 1.68. The second-order valence-electron chi connectivity index (χ2n) is 5.19. The van der Waals surface area contributed by atoms with E-state index in [1.54, 1.807) is 0 Å². The molecule has 0 fully saturated rings. The molecule has 1 aliphatic rings. The predicted molar refractivity (Wildman–Crippen MR) is 93.5 cm³/mol. The average molecular weight is 369 g/mol. The Bertz CT molecular complexity index is 531. The van der Waals surface area contributed by atoms with E-state index in [-0.39, 0.29) is 5.91 Å². The highest BCUT2D eigenvalue weighted by Crippen LogP contribution is 2.29. The Kier molecular flexibility index (Phi) is 6.64. The molecule has 0 unspecified atom stereocenters. The number of anilines is 1. The number of thioether (sulfide) groups is 1. The van der Waals surface area contributed by atoms with Crippen LogP contribution in [-0.2, 0) is 4.79 Å². The summed E-state index contributed by atoms with van der Waals surface area (Å²) in [6.45, 7) is 0.744. The lowest BCUT2D eigenvalue weighted by molar-refractivity contribution is -0.118. The van der Waals surface area contributed by atoms with Crippen LogP contribution in [-0.4, -0.2) is 18.2 Å².